The first-order chi connectivity index (χ1) is 5.43. The first-order valence-electron chi connectivity index (χ1n) is 4.10. The number of hydrogen-bond acceptors (Lipinski definition) is 3. The van der Waals surface area contributed by atoms with Crippen LogP contribution in [0.15, 0.2) is 17.3 Å². The third kappa shape index (κ3) is 3.18. The molecule has 1 aliphatic heterocycles. The van der Waals surface area contributed by atoms with Gasteiger partial charge in [0.1, 0.15) is 6.67 Å². The predicted molar refractivity (Wildman–Crippen MR) is 47.2 cm³/mol. The van der Waals surface area contributed by atoms with Crippen LogP contribution in [0.1, 0.15) is 19.8 Å². The van der Waals surface area contributed by atoms with Crippen LogP contribution in [0.2, 0.25) is 0 Å². The molecule has 0 unspecified atom stereocenters. The summed E-state index contributed by atoms with van der Waals surface area (Å²) < 4.78 is 0. The summed E-state index contributed by atoms with van der Waals surface area (Å²) in [6, 6.07) is 0. The van der Waals surface area contributed by atoms with Crippen molar-refractivity contribution in [2.75, 3.05) is 13.2 Å². The second kappa shape index (κ2) is 4.91. The van der Waals surface area contributed by atoms with E-state index in [1.807, 2.05) is 23.5 Å². The van der Waals surface area contributed by atoms with E-state index in [9.17, 15) is 0 Å². The van der Waals surface area contributed by atoms with Crippen molar-refractivity contribution in [3.8, 4) is 0 Å². The largest absolute Gasteiger partial charge is 0.294 e. The molecular formula is C8H15N3. The van der Waals surface area contributed by atoms with Gasteiger partial charge in [0.25, 0.3) is 0 Å². The minimum absolute atomic E-state index is 0.736. The Morgan fingerprint density at radius 2 is 2.55 bits per heavy atom. The van der Waals surface area contributed by atoms with E-state index in [-0.39, 0.29) is 0 Å². The monoisotopic (exact) mass is 153 g/mol. The third-order valence-corrected chi connectivity index (χ3v) is 1.54. The van der Waals surface area contributed by atoms with Crippen LogP contribution in [-0.2, 0) is 0 Å². The van der Waals surface area contributed by atoms with Gasteiger partial charge in [0.15, 0.2) is 0 Å². The number of rotatable bonds is 4. The summed E-state index contributed by atoms with van der Waals surface area (Å²) in [7, 11) is 0. The smallest absolute Gasteiger partial charge is 0.124 e. The number of nitrogens with zero attached hydrogens (tertiary/aromatic N) is 2. The second-order valence-corrected chi connectivity index (χ2v) is 2.55. The highest BCUT2D eigenvalue weighted by Crippen LogP contribution is 1.91. The summed E-state index contributed by atoms with van der Waals surface area (Å²) in [5.41, 5.74) is 3.26. The van der Waals surface area contributed by atoms with Gasteiger partial charge in [-0.15, -0.1) is 0 Å². The molecule has 1 heterocycles. The van der Waals surface area contributed by atoms with Crippen molar-refractivity contribution < 1.29 is 0 Å². The first-order valence-corrected chi connectivity index (χ1v) is 4.10. The van der Waals surface area contributed by atoms with Gasteiger partial charge in [-0.1, -0.05) is 13.3 Å². The Hall–Kier alpha value is -0.830. The SMILES string of the molecule is CCCCNN1C=CC=NC1. The van der Waals surface area contributed by atoms with Crippen LogP contribution in [0.25, 0.3) is 0 Å². The summed E-state index contributed by atoms with van der Waals surface area (Å²) in [5, 5.41) is 2.00. The highest BCUT2D eigenvalue weighted by molar-refractivity contribution is 5.71. The van der Waals surface area contributed by atoms with Gasteiger partial charge in [-0.05, 0) is 12.5 Å². The minimum Gasteiger partial charge on any atom is -0.294 e. The van der Waals surface area contributed by atoms with Gasteiger partial charge in [-0.2, -0.15) is 0 Å². The van der Waals surface area contributed by atoms with Crippen molar-refractivity contribution >= 4 is 6.21 Å². The van der Waals surface area contributed by atoms with Crippen molar-refractivity contribution in [2.45, 2.75) is 19.8 Å². The molecule has 0 aromatic heterocycles. The fourth-order valence-corrected chi connectivity index (χ4v) is 0.888. The molecule has 0 radical (unpaired) electrons. The molecule has 11 heavy (non-hydrogen) atoms. The molecule has 3 nitrogen and oxygen atoms in total. The Kier molecular flexibility index (Phi) is 3.69. The molecular weight excluding hydrogens is 138 g/mol. The van der Waals surface area contributed by atoms with Crippen molar-refractivity contribution in [1.29, 1.82) is 0 Å². The quantitative estimate of drug-likeness (QED) is 0.613. The Morgan fingerprint density at radius 3 is 3.18 bits per heavy atom. The van der Waals surface area contributed by atoms with Crippen LogP contribution in [-0.4, -0.2) is 24.4 Å². The van der Waals surface area contributed by atoms with E-state index >= 15 is 0 Å². The standard InChI is InChI=1S/C8H15N3/c1-2-3-6-10-11-7-4-5-9-8-11/h4-5,7,10H,2-3,6,8H2,1H3. The summed E-state index contributed by atoms with van der Waals surface area (Å²) >= 11 is 0. The van der Waals surface area contributed by atoms with Gasteiger partial charge in [-0.3, -0.25) is 10.0 Å². The number of nitrogens with one attached hydrogen (secondary N) is 1. The fraction of sp³-hybridized carbons (Fsp3) is 0.625. The van der Waals surface area contributed by atoms with Crippen LogP contribution in [0.3, 0.4) is 0 Å². The summed E-state index contributed by atoms with van der Waals surface area (Å²) in [6.07, 6.45) is 8.20. The molecule has 0 aliphatic carbocycles. The molecule has 0 saturated heterocycles. The highest BCUT2D eigenvalue weighted by atomic mass is 15.5. The van der Waals surface area contributed by atoms with E-state index in [2.05, 4.69) is 17.3 Å². The highest BCUT2D eigenvalue weighted by Gasteiger charge is 1.96. The van der Waals surface area contributed by atoms with Crippen LogP contribution < -0.4 is 5.43 Å². The molecule has 0 aromatic carbocycles. The zero-order valence-corrected chi connectivity index (χ0v) is 6.95. The number of aliphatic imine (C=N–C) groups is 1. The Balaban J connectivity index is 2.07. The maximum atomic E-state index is 4.09. The predicted octanol–water partition coefficient (Wildman–Crippen LogP) is 1.15. The molecule has 1 aliphatic rings. The summed E-state index contributed by atoms with van der Waals surface area (Å²) in [6.45, 7) is 3.96. The van der Waals surface area contributed by atoms with Crippen molar-refractivity contribution in [2.24, 2.45) is 4.99 Å². The van der Waals surface area contributed by atoms with E-state index in [1.54, 1.807) is 0 Å². The molecule has 0 bridgehead atoms. The molecule has 0 atom stereocenters. The third-order valence-electron chi connectivity index (χ3n) is 1.54. The Bertz CT molecular complexity index is 151. The number of hydrogen-bond donors (Lipinski definition) is 1. The normalized spacial score (nSPS) is 15.9. The molecule has 0 aromatic rings. The van der Waals surface area contributed by atoms with Gasteiger partial charge in [0, 0.05) is 19.0 Å². The molecule has 0 saturated carbocycles. The van der Waals surface area contributed by atoms with E-state index in [0.717, 1.165) is 13.2 Å². The van der Waals surface area contributed by atoms with E-state index in [0.29, 0.717) is 0 Å². The summed E-state index contributed by atoms with van der Waals surface area (Å²) in [5.74, 6) is 0. The van der Waals surface area contributed by atoms with Crippen LogP contribution >= 0.6 is 0 Å². The van der Waals surface area contributed by atoms with Gasteiger partial charge in [0.2, 0.25) is 0 Å². The molecule has 0 fully saturated rings. The van der Waals surface area contributed by atoms with Crippen LogP contribution in [0.4, 0.5) is 0 Å². The Labute approximate surface area is 67.8 Å². The summed E-state index contributed by atoms with van der Waals surface area (Å²) in [4.78, 5) is 4.09. The van der Waals surface area contributed by atoms with Crippen molar-refractivity contribution in [3.05, 3.63) is 12.3 Å². The molecule has 0 amide bonds. The van der Waals surface area contributed by atoms with Crippen LogP contribution in [0, 0.1) is 0 Å². The molecule has 0 spiro atoms. The first kappa shape index (κ1) is 8.27. The van der Waals surface area contributed by atoms with Crippen molar-refractivity contribution in [3.63, 3.8) is 0 Å². The molecule has 1 rings (SSSR count). The lowest BCUT2D eigenvalue weighted by atomic mass is 10.3. The maximum Gasteiger partial charge on any atom is 0.124 e. The average Bonchev–Trinajstić information content (AvgIpc) is 2.07. The van der Waals surface area contributed by atoms with Crippen LogP contribution in [0.5, 0.6) is 0 Å². The van der Waals surface area contributed by atoms with Gasteiger partial charge >= 0.3 is 0 Å². The van der Waals surface area contributed by atoms with E-state index in [4.69, 9.17) is 0 Å². The van der Waals surface area contributed by atoms with Gasteiger partial charge in [0.05, 0.1) is 0 Å². The van der Waals surface area contributed by atoms with Gasteiger partial charge in [-0.25, -0.2) is 5.43 Å². The van der Waals surface area contributed by atoms with E-state index in [1.165, 1.54) is 12.8 Å². The zero-order valence-electron chi connectivity index (χ0n) is 6.95. The van der Waals surface area contributed by atoms with Gasteiger partial charge < -0.3 is 0 Å². The average molecular weight is 153 g/mol. The lowest BCUT2D eigenvalue weighted by Crippen LogP contribution is -2.35. The lowest BCUT2D eigenvalue weighted by molar-refractivity contribution is 0.275. The Morgan fingerprint density at radius 1 is 1.64 bits per heavy atom. The molecule has 1 N–H and O–H groups in total. The van der Waals surface area contributed by atoms with E-state index < -0.39 is 0 Å². The molecule has 3 heteroatoms. The number of allylic oxidation sites excluding steroid dienone is 1. The number of hydrazine groups is 1. The minimum atomic E-state index is 0.736. The lowest BCUT2D eigenvalue weighted by Gasteiger charge is -2.20. The second-order valence-electron chi connectivity index (χ2n) is 2.55. The molecule has 62 valence electrons. The topological polar surface area (TPSA) is 27.6 Å². The van der Waals surface area contributed by atoms with Crippen molar-refractivity contribution in [1.82, 2.24) is 10.4 Å². The maximum absolute atomic E-state index is 4.09. The number of unbranched alkanes of at least 4 members (excludes halogenated alkanes) is 1. The fourth-order valence-electron chi connectivity index (χ4n) is 0.888. The zero-order chi connectivity index (χ0) is 7.94.